The van der Waals surface area contributed by atoms with Gasteiger partial charge in [-0.25, -0.2) is 0 Å². The highest BCUT2D eigenvalue weighted by Gasteiger charge is 2.27. The van der Waals surface area contributed by atoms with E-state index in [1.54, 1.807) is 0 Å². The van der Waals surface area contributed by atoms with E-state index < -0.39 is 0 Å². The standard InChI is InChI=1S/C12H22O3/c1-4-11-7-10(6-9(3)15-11)8-12(13)14-5-2/h9-11H,4-8H2,1-3H3/t9-,10-,11-/m1/s1. The largest absolute Gasteiger partial charge is 0.466 e. The molecule has 0 saturated carbocycles. The SMILES string of the molecule is CCOC(=O)C[C@H]1C[C@@H](CC)O[C@H](C)C1. The van der Waals surface area contributed by atoms with Crippen LogP contribution in [0, 0.1) is 5.92 Å². The van der Waals surface area contributed by atoms with E-state index in [1.807, 2.05) is 6.92 Å². The Balaban J connectivity index is 2.37. The minimum atomic E-state index is -0.0635. The van der Waals surface area contributed by atoms with Crippen LogP contribution in [0.4, 0.5) is 0 Å². The van der Waals surface area contributed by atoms with Crippen LogP contribution in [0.25, 0.3) is 0 Å². The van der Waals surface area contributed by atoms with Crippen LogP contribution in [0.1, 0.15) is 46.5 Å². The molecule has 1 saturated heterocycles. The second kappa shape index (κ2) is 6.11. The average Bonchev–Trinajstić information content (AvgIpc) is 2.17. The Morgan fingerprint density at radius 2 is 2.13 bits per heavy atom. The van der Waals surface area contributed by atoms with Crippen LogP contribution >= 0.6 is 0 Å². The summed E-state index contributed by atoms with van der Waals surface area (Å²) >= 11 is 0. The fourth-order valence-corrected chi connectivity index (χ4v) is 2.26. The van der Waals surface area contributed by atoms with Crippen molar-refractivity contribution in [2.75, 3.05) is 6.61 Å². The molecule has 1 fully saturated rings. The van der Waals surface area contributed by atoms with Crippen LogP contribution in [-0.4, -0.2) is 24.8 Å². The second-order valence-electron chi connectivity index (χ2n) is 4.32. The second-order valence-corrected chi connectivity index (χ2v) is 4.32. The van der Waals surface area contributed by atoms with Crippen molar-refractivity contribution < 1.29 is 14.3 Å². The first-order valence-corrected chi connectivity index (χ1v) is 5.96. The first kappa shape index (κ1) is 12.5. The highest BCUT2D eigenvalue weighted by molar-refractivity contribution is 5.69. The van der Waals surface area contributed by atoms with Crippen molar-refractivity contribution >= 4 is 5.97 Å². The smallest absolute Gasteiger partial charge is 0.306 e. The Morgan fingerprint density at radius 3 is 2.73 bits per heavy atom. The topological polar surface area (TPSA) is 35.5 Å². The first-order valence-electron chi connectivity index (χ1n) is 5.96. The quantitative estimate of drug-likeness (QED) is 0.675. The van der Waals surface area contributed by atoms with Crippen LogP contribution < -0.4 is 0 Å². The van der Waals surface area contributed by atoms with Crippen molar-refractivity contribution in [3.63, 3.8) is 0 Å². The molecule has 1 heterocycles. The van der Waals surface area contributed by atoms with Gasteiger partial charge >= 0.3 is 5.97 Å². The first-order chi connectivity index (χ1) is 7.15. The van der Waals surface area contributed by atoms with Gasteiger partial charge in [0, 0.05) is 6.42 Å². The molecule has 88 valence electrons. The molecule has 0 unspecified atom stereocenters. The fraction of sp³-hybridized carbons (Fsp3) is 0.917. The summed E-state index contributed by atoms with van der Waals surface area (Å²) in [5.41, 5.74) is 0. The lowest BCUT2D eigenvalue weighted by Gasteiger charge is -2.33. The zero-order chi connectivity index (χ0) is 11.3. The van der Waals surface area contributed by atoms with Crippen molar-refractivity contribution in [3.05, 3.63) is 0 Å². The summed E-state index contributed by atoms with van der Waals surface area (Å²) < 4.78 is 10.7. The summed E-state index contributed by atoms with van der Waals surface area (Å²) in [6, 6.07) is 0. The maximum Gasteiger partial charge on any atom is 0.306 e. The van der Waals surface area contributed by atoms with Crippen molar-refractivity contribution in [1.29, 1.82) is 0 Å². The van der Waals surface area contributed by atoms with E-state index >= 15 is 0 Å². The molecule has 0 amide bonds. The van der Waals surface area contributed by atoms with Crippen LogP contribution in [0.5, 0.6) is 0 Å². The lowest BCUT2D eigenvalue weighted by molar-refractivity contribution is -0.146. The molecular formula is C12H22O3. The molecule has 1 aliphatic rings. The summed E-state index contributed by atoms with van der Waals surface area (Å²) in [7, 11) is 0. The Kier molecular flexibility index (Phi) is 5.09. The predicted octanol–water partition coefficient (Wildman–Crippen LogP) is 2.53. The molecule has 0 spiro atoms. The summed E-state index contributed by atoms with van der Waals surface area (Å²) in [5.74, 6) is 0.379. The van der Waals surface area contributed by atoms with Gasteiger partial charge in [0.15, 0.2) is 0 Å². The van der Waals surface area contributed by atoms with E-state index in [9.17, 15) is 4.79 Å². The lowest BCUT2D eigenvalue weighted by atomic mass is 9.88. The normalized spacial score (nSPS) is 31.3. The van der Waals surface area contributed by atoms with E-state index in [4.69, 9.17) is 9.47 Å². The van der Waals surface area contributed by atoms with Crippen LogP contribution in [0.15, 0.2) is 0 Å². The van der Waals surface area contributed by atoms with Gasteiger partial charge in [-0.3, -0.25) is 4.79 Å². The number of ether oxygens (including phenoxy) is 2. The van der Waals surface area contributed by atoms with E-state index in [-0.39, 0.29) is 12.1 Å². The van der Waals surface area contributed by atoms with Gasteiger partial charge in [-0.05, 0) is 39.0 Å². The van der Waals surface area contributed by atoms with Crippen LogP contribution in [0.3, 0.4) is 0 Å². The molecule has 1 aliphatic heterocycles. The van der Waals surface area contributed by atoms with Gasteiger partial charge in [0.1, 0.15) is 0 Å². The number of esters is 1. The predicted molar refractivity (Wildman–Crippen MR) is 58.6 cm³/mol. The van der Waals surface area contributed by atoms with E-state index in [0.717, 1.165) is 19.3 Å². The van der Waals surface area contributed by atoms with Gasteiger partial charge in [-0.1, -0.05) is 6.92 Å². The monoisotopic (exact) mass is 214 g/mol. The van der Waals surface area contributed by atoms with Gasteiger partial charge in [-0.2, -0.15) is 0 Å². The van der Waals surface area contributed by atoms with Gasteiger partial charge in [-0.15, -0.1) is 0 Å². The number of carbonyl (C=O) groups is 1. The molecule has 0 aromatic rings. The molecule has 0 bridgehead atoms. The number of carbonyl (C=O) groups excluding carboxylic acids is 1. The molecule has 3 nitrogen and oxygen atoms in total. The van der Waals surface area contributed by atoms with Crippen molar-refractivity contribution in [2.45, 2.75) is 58.7 Å². The summed E-state index contributed by atoms with van der Waals surface area (Å²) in [5, 5.41) is 0. The summed E-state index contributed by atoms with van der Waals surface area (Å²) in [6.45, 7) is 6.54. The van der Waals surface area contributed by atoms with Crippen LogP contribution in [-0.2, 0) is 14.3 Å². The molecular weight excluding hydrogens is 192 g/mol. The van der Waals surface area contributed by atoms with Crippen molar-refractivity contribution in [2.24, 2.45) is 5.92 Å². The number of hydrogen-bond donors (Lipinski definition) is 0. The number of hydrogen-bond acceptors (Lipinski definition) is 3. The van der Waals surface area contributed by atoms with Crippen molar-refractivity contribution in [1.82, 2.24) is 0 Å². The molecule has 0 N–H and O–H groups in total. The zero-order valence-corrected chi connectivity index (χ0v) is 9.99. The van der Waals surface area contributed by atoms with E-state index in [0.29, 0.717) is 25.0 Å². The maximum absolute atomic E-state index is 11.3. The van der Waals surface area contributed by atoms with Gasteiger partial charge < -0.3 is 9.47 Å². The summed E-state index contributed by atoms with van der Waals surface area (Å²) in [4.78, 5) is 11.3. The molecule has 1 rings (SSSR count). The third-order valence-electron chi connectivity index (χ3n) is 2.90. The maximum atomic E-state index is 11.3. The van der Waals surface area contributed by atoms with Gasteiger partial charge in [0.05, 0.1) is 18.8 Å². The molecule has 3 heteroatoms. The number of rotatable bonds is 4. The minimum Gasteiger partial charge on any atom is -0.466 e. The zero-order valence-electron chi connectivity index (χ0n) is 9.99. The molecule has 0 aromatic carbocycles. The highest BCUT2D eigenvalue weighted by Crippen LogP contribution is 2.28. The van der Waals surface area contributed by atoms with E-state index in [2.05, 4.69) is 13.8 Å². The molecule has 0 aliphatic carbocycles. The Hall–Kier alpha value is -0.570. The highest BCUT2D eigenvalue weighted by atomic mass is 16.5. The van der Waals surface area contributed by atoms with Crippen LogP contribution in [0.2, 0.25) is 0 Å². The molecule has 0 aromatic heterocycles. The van der Waals surface area contributed by atoms with E-state index in [1.165, 1.54) is 0 Å². The fourth-order valence-electron chi connectivity index (χ4n) is 2.26. The Morgan fingerprint density at radius 1 is 1.40 bits per heavy atom. The third kappa shape index (κ3) is 4.20. The van der Waals surface area contributed by atoms with Crippen molar-refractivity contribution in [3.8, 4) is 0 Å². The Labute approximate surface area is 92.1 Å². The van der Waals surface area contributed by atoms with Gasteiger partial charge in [0.2, 0.25) is 0 Å². The molecule has 3 atom stereocenters. The lowest BCUT2D eigenvalue weighted by Crippen LogP contribution is -2.32. The third-order valence-corrected chi connectivity index (χ3v) is 2.90. The Bertz CT molecular complexity index is 203. The average molecular weight is 214 g/mol. The summed E-state index contributed by atoms with van der Waals surface area (Å²) in [6.07, 6.45) is 4.17. The van der Waals surface area contributed by atoms with Gasteiger partial charge in [0.25, 0.3) is 0 Å². The molecule has 15 heavy (non-hydrogen) atoms. The molecule has 0 radical (unpaired) electrons. The minimum absolute atomic E-state index is 0.0635.